The van der Waals surface area contributed by atoms with Gasteiger partial charge in [0.15, 0.2) is 5.13 Å². The fourth-order valence-electron chi connectivity index (χ4n) is 2.94. The highest BCUT2D eigenvalue weighted by molar-refractivity contribution is 8.01. The van der Waals surface area contributed by atoms with E-state index < -0.39 is 5.25 Å². The summed E-state index contributed by atoms with van der Waals surface area (Å²) in [6, 6.07) is 7.63. The maximum atomic E-state index is 12.4. The Balaban J connectivity index is 1.40. The highest BCUT2D eigenvalue weighted by Crippen LogP contribution is 2.37. The molecule has 4 rings (SSSR count). The van der Waals surface area contributed by atoms with Crippen molar-refractivity contribution in [2.45, 2.75) is 29.5 Å². The fraction of sp³-hybridized carbons (Fsp3) is 0.353. The van der Waals surface area contributed by atoms with Crippen LogP contribution in [0.15, 0.2) is 29.2 Å². The number of para-hydroxylation sites is 1. The first-order chi connectivity index (χ1) is 12.1. The van der Waals surface area contributed by atoms with Crippen molar-refractivity contribution >= 4 is 45.7 Å². The molecular weight excluding hydrogens is 356 g/mol. The molecule has 0 fully saturated rings. The van der Waals surface area contributed by atoms with Crippen LogP contribution >= 0.6 is 23.1 Å². The zero-order valence-corrected chi connectivity index (χ0v) is 15.4. The molecule has 0 aliphatic carbocycles. The number of thioether (sulfide) groups is 1. The Morgan fingerprint density at radius 2 is 2.28 bits per heavy atom. The molecule has 1 aromatic heterocycles. The van der Waals surface area contributed by atoms with Gasteiger partial charge in [0.1, 0.15) is 0 Å². The van der Waals surface area contributed by atoms with E-state index in [9.17, 15) is 9.59 Å². The molecule has 2 aliphatic rings. The average Bonchev–Trinajstić information content (AvgIpc) is 2.96. The van der Waals surface area contributed by atoms with Crippen LogP contribution in [0, 0.1) is 0 Å². The van der Waals surface area contributed by atoms with Gasteiger partial charge in [-0.05, 0) is 19.2 Å². The number of thiazole rings is 1. The first-order valence-corrected chi connectivity index (χ1v) is 9.81. The lowest BCUT2D eigenvalue weighted by molar-refractivity contribution is -0.120. The summed E-state index contributed by atoms with van der Waals surface area (Å²) in [5, 5.41) is 5.94. The van der Waals surface area contributed by atoms with Crippen LogP contribution < -0.4 is 10.6 Å². The van der Waals surface area contributed by atoms with Gasteiger partial charge in [-0.1, -0.05) is 12.1 Å². The van der Waals surface area contributed by atoms with Crippen LogP contribution in [-0.4, -0.2) is 40.5 Å². The van der Waals surface area contributed by atoms with Crippen LogP contribution in [0.5, 0.6) is 0 Å². The maximum absolute atomic E-state index is 12.4. The van der Waals surface area contributed by atoms with Gasteiger partial charge in [0.05, 0.1) is 16.6 Å². The number of benzene rings is 1. The number of fused-ring (bicyclic) bond motifs is 2. The second-order valence-corrected chi connectivity index (χ2v) is 8.55. The molecule has 25 heavy (non-hydrogen) atoms. The van der Waals surface area contributed by atoms with Crippen molar-refractivity contribution in [1.29, 1.82) is 0 Å². The Morgan fingerprint density at radius 3 is 3.16 bits per heavy atom. The molecule has 8 heteroatoms. The van der Waals surface area contributed by atoms with Crippen molar-refractivity contribution in [2.75, 3.05) is 24.2 Å². The lowest BCUT2D eigenvalue weighted by Crippen LogP contribution is -2.32. The highest BCUT2D eigenvalue weighted by atomic mass is 32.2. The second kappa shape index (κ2) is 6.78. The van der Waals surface area contributed by atoms with Gasteiger partial charge in [-0.15, -0.1) is 23.1 Å². The minimum Gasteiger partial charge on any atom is -0.324 e. The second-order valence-electron chi connectivity index (χ2n) is 6.22. The van der Waals surface area contributed by atoms with E-state index in [1.54, 1.807) is 0 Å². The van der Waals surface area contributed by atoms with E-state index in [1.807, 2.05) is 24.3 Å². The van der Waals surface area contributed by atoms with Crippen LogP contribution in [0.25, 0.3) is 0 Å². The quantitative estimate of drug-likeness (QED) is 0.864. The number of carbonyl (C=O) groups excluding carboxylic acids is 2. The molecular formula is C17H18N4O2S2. The van der Waals surface area contributed by atoms with Gasteiger partial charge in [0, 0.05) is 35.7 Å². The summed E-state index contributed by atoms with van der Waals surface area (Å²) in [5.74, 6) is -0.301. The lowest BCUT2D eigenvalue weighted by Gasteiger charge is -2.23. The summed E-state index contributed by atoms with van der Waals surface area (Å²) in [6.07, 6.45) is 1.05. The smallest absolute Gasteiger partial charge is 0.238 e. The number of aromatic nitrogens is 1. The third-order valence-electron chi connectivity index (χ3n) is 4.25. The SMILES string of the molecule is CN1CCc2nc(NC(=O)CC3Sc4ccccc4NC3=O)sc2C1. The van der Waals surface area contributed by atoms with Gasteiger partial charge >= 0.3 is 0 Å². The number of nitrogens with zero attached hydrogens (tertiary/aromatic N) is 2. The molecule has 1 unspecified atom stereocenters. The number of likely N-dealkylation sites (N-methyl/N-ethyl adjacent to an activating group) is 1. The first-order valence-electron chi connectivity index (χ1n) is 8.12. The van der Waals surface area contributed by atoms with Crippen molar-refractivity contribution in [2.24, 2.45) is 0 Å². The summed E-state index contributed by atoms with van der Waals surface area (Å²) < 4.78 is 0. The lowest BCUT2D eigenvalue weighted by atomic mass is 10.2. The number of hydrogen-bond acceptors (Lipinski definition) is 6. The first kappa shape index (κ1) is 16.6. The molecule has 1 atom stereocenters. The summed E-state index contributed by atoms with van der Waals surface area (Å²) in [6.45, 7) is 1.86. The van der Waals surface area contributed by atoms with Crippen molar-refractivity contribution in [3.05, 3.63) is 34.8 Å². The van der Waals surface area contributed by atoms with Crippen LogP contribution in [-0.2, 0) is 22.6 Å². The van der Waals surface area contributed by atoms with Crippen molar-refractivity contribution in [1.82, 2.24) is 9.88 Å². The van der Waals surface area contributed by atoms with Gasteiger partial charge in [-0.3, -0.25) is 9.59 Å². The monoisotopic (exact) mass is 374 g/mol. The average molecular weight is 374 g/mol. The van der Waals surface area contributed by atoms with E-state index in [1.165, 1.54) is 28.0 Å². The van der Waals surface area contributed by atoms with E-state index in [-0.39, 0.29) is 18.2 Å². The van der Waals surface area contributed by atoms with Gasteiger partial charge in [0.2, 0.25) is 11.8 Å². The number of hydrogen-bond donors (Lipinski definition) is 2. The van der Waals surface area contributed by atoms with Crippen LogP contribution in [0.2, 0.25) is 0 Å². The van der Waals surface area contributed by atoms with E-state index in [0.29, 0.717) is 5.13 Å². The Hall–Kier alpha value is -1.90. The maximum Gasteiger partial charge on any atom is 0.238 e. The minimum atomic E-state index is -0.421. The normalized spacial score (nSPS) is 19.7. The van der Waals surface area contributed by atoms with Crippen LogP contribution in [0.3, 0.4) is 0 Å². The Bertz CT molecular complexity index is 836. The standard InChI is InChI=1S/C17H18N4O2S2/c1-21-7-6-11-14(9-21)25-17(19-11)20-15(22)8-13-16(23)18-10-4-2-3-5-12(10)24-13/h2-5,13H,6-9H2,1H3,(H,18,23)(H,19,20,22). The molecule has 2 aliphatic heterocycles. The van der Waals surface area contributed by atoms with Gasteiger partial charge in [0.25, 0.3) is 0 Å². The van der Waals surface area contributed by atoms with Gasteiger partial charge in [-0.25, -0.2) is 4.98 Å². The molecule has 2 aromatic rings. The van der Waals surface area contributed by atoms with E-state index in [0.717, 1.165) is 35.8 Å². The molecule has 1 aromatic carbocycles. The number of rotatable bonds is 3. The van der Waals surface area contributed by atoms with Gasteiger partial charge < -0.3 is 15.5 Å². The minimum absolute atomic E-state index is 0.126. The van der Waals surface area contributed by atoms with Crippen LogP contribution in [0.1, 0.15) is 17.0 Å². The number of carbonyl (C=O) groups is 2. The zero-order valence-electron chi connectivity index (χ0n) is 13.7. The molecule has 2 N–H and O–H groups in total. The van der Waals surface area contributed by atoms with Crippen molar-refractivity contribution < 1.29 is 9.59 Å². The van der Waals surface area contributed by atoms with E-state index >= 15 is 0 Å². The topological polar surface area (TPSA) is 74.3 Å². The van der Waals surface area contributed by atoms with Crippen LogP contribution in [0.4, 0.5) is 10.8 Å². The molecule has 0 bridgehead atoms. The molecule has 0 radical (unpaired) electrons. The number of anilines is 2. The summed E-state index contributed by atoms with van der Waals surface area (Å²) >= 11 is 2.96. The summed E-state index contributed by atoms with van der Waals surface area (Å²) in [5.41, 5.74) is 1.89. The zero-order chi connectivity index (χ0) is 17.4. The van der Waals surface area contributed by atoms with Gasteiger partial charge in [-0.2, -0.15) is 0 Å². The highest BCUT2D eigenvalue weighted by Gasteiger charge is 2.29. The number of amides is 2. The molecule has 130 valence electrons. The molecule has 2 amide bonds. The molecule has 6 nitrogen and oxygen atoms in total. The third-order valence-corrected chi connectivity index (χ3v) is 6.52. The molecule has 0 saturated carbocycles. The Kier molecular flexibility index (Phi) is 4.49. The predicted octanol–water partition coefficient (Wildman–Crippen LogP) is 2.57. The third kappa shape index (κ3) is 3.56. The fourth-order valence-corrected chi connectivity index (χ4v) is 5.16. The Morgan fingerprint density at radius 1 is 1.44 bits per heavy atom. The largest absolute Gasteiger partial charge is 0.324 e. The van der Waals surface area contributed by atoms with E-state index in [2.05, 4.69) is 27.6 Å². The predicted molar refractivity (Wildman–Crippen MR) is 100 cm³/mol. The number of nitrogens with one attached hydrogen (secondary N) is 2. The molecule has 3 heterocycles. The molecule has 0 spiro atoms. The Labute approximate surface area is 154 Å². The summed E-state index contributed by atoms with van der Waals surface area (Å²) in [7, 11) is 2.08. The summed E-state index contributed by atoms with van der Waals surface area (Å²) in [4.78, 5) is 33.5. The van der Waals surface area contributed by atoms with E-state index in [4.69, 9.17) is 0 Å². The molecule has 0 saturated heterocycles. The van der Waals surface area contributed by atoms with Crippen molar-refractivity contribution in [3.63, 3.8) is 0 Å². The van der Waals surface area contributed by atoms with Crippen molar-refractivity contribution in [3.8, 4) is 0 Å².